The zero-order chi connectivity index (χ0) is 6.85. The minimum absolute atomic E-state index is 0.413. The fourth-order valence-corrected chi connectivity index (χ4v) is 1.91. The highest BCUT2D eigenvalue weighted by atomic mass is 127. The molecule has 9 heavy (non-hydrogen) atoms. The highest BCUT2D eigenvalue weighted by Crippen LogP contribution is 2.29. The molecule has 0 saturated heterocycles. The fourth-order valence-electron chi connectivity index (χ4n) is 1.19. The van der Waals surface area contributed by atoms with Gasteiger partial charge in [-0.3, -0.25) is 0 Å². The number of alkyl halides is 2. The molecule has 0 aromatic rings. The Morgan fingerprint density at radius 1 is 1.56 bits per heavy atom. The standard InChI is InChI=1S/C6H10FIO/c7-5-1-4(3-8)2-6(5)9/h4-6,9H,1-3H2/t4-,5+,6+/m0/s1. The summed E-state index contributed by atoms with van der Waals surface area (Å²) in [4.78, 5) is 0. The van der Waals surface area contributed by atoms with Gasteiger partial charge in [0.25, 0.3) is 0 Å². The van der Waals surface area contributed by atoms with Crippen LogP contribution < -0.4 is 0 Å². The van der Waals surface area contributed by atoms with E-state index in [0.717, 1.165) is 4.43 Å². The molecule has 1 aliphatic carbocycles. The SMILES string of the molecule is O[C@@H]1C[C@@H](CI)C[C@H]1F. The van der Waals surface area contributed by atoms with Gasteiger partial charge in [-0.2, -0.15) is 0 Å². The van der Waals surface area contributed by atoms with Gasteiger partial charge < -0.3 is 5.11 Å². The summed E-state index contributed by atoms with van der Waals surface area (Å²) in [5.41, 5.74) is 0. The lowest BCUT2D eigenvalue weighted by molar-refractivity contribution is 0.103. The molecule has 1 fully saturated rings. The second-order valence-electron chi connectivity index (χ2n) is 2.58. The molecule has 1 nitrogen and oxygen atoms in total. The molecule has 1 rings (SSSR count). The van der Waals surface area contributed by atoms with Crippen LogP contribution in [0.15, 0.2) is 0 Å². The quantitative estimate of drug-likeness (QED) is 0.547. The molecule has 0 aromatic carbocycles. The molecular weight excluding hydrogens is 234 g/mol. The Morgan fingerprint density at radius 3 is 2.44 bits per heavy atom. The van der Waals surface area contributed by atoms with E-state index in [1.54, 1.807) is 0 Å². The highest BCUT2D eigenvalue weighted by molar-refractivity contribution is 14.1. The van der Waals surface area contributed by atoms with E-state index in [2.05, 4.69) is 22.6 Å². The van der Waals surface area contributed by atoms with Crippen LogP contribution in [-0.4, -0.2) is 21.8 Å². The van der Waals surface area contributed by atoms with Gasteiger partial charge in [-0.15, -0.1) is 0 Å². The summed E-state index contributed by atoms with van der Waals surface area (Å²) < 4.78 is 13.5. The maximum absolute atomic E-state index is 12.5. The molecule has 3 atom stereocenters. The number of hydrogen-bond donors (Lipinski definition) is 1. The topological polar surface area (TPSA) is 20.2 Å². The summed E-state index contributed by atoms with van der Waals surface area (Å²) in [5.74, 6) is 0.413. The molecule has 3 heteroatoms. The van der Waals surface area contributed by atoms with Crippen LogP contribution in [0.2, 0.25) is 0 Å². The number of halogens is 2. The first-order chi connectivity index (χ1) is 4.24. The van der Waals surface area contributed by atoms with E-state index in [9.17, 15) is 4.39 Å². The van der Waals surface area contributed by atoms with Crippen LogP contribution in [0.25, 0.3) is 0 Å². The zero-order valence-electron chi connectivity index (χ0n) is 5.06. The van der Waals surface area contributed by atoms with Gasteiger partial charge in [-0.25, -0.2) is 4.39 Å². The number of aliphatic hydroxyl groups is 1. The van der Waals surface area contributed by atoms with E-state index < -0.39 is 12.3 Å². The number of hydrogen-bond acceptors (Lipinski definition) is 1. The summed E-state index contributed by atoms with van der Waals surface area (Å²) >= 11 is 2.23. The first-order valence-corrected chi connectivity index (χ1v) is 4.64. The Morgan fingerprint density at radius 2 is 2.22 bits per heavy atom. The molecular formula is C6H10FIO. The molecule has 0 spiro atoms. The monoisotopic (exact) mass is 244 g/mol. The molecule has 0 aromatic heterocycles. The van der Waals surface area contributed by atoms with Crippen molar-refractivity contribution in [3.05, 3.63) is 0 Å². The average Bonchev–Trinajstić information content (AvgIpc) is 2.13. The van der Waals surface area contributed by atoms with E-state index in [1.807, 2.05) is 0 Å². The Bertz CT molecular complexity index is 89.1. The van der Waals surface area contributed by atoms with Crippen LogP contribution >= 0.6 is 22.6 Å². The lowest BCUT2D eigenvalue weighted by Crippen LogP contribution is -2.12. The van der Waals surface area contributed by atoms with Gasteiger partial charge in [-0.05, 0) is 18.8 Å². The molecule has 0 heterocycles. The Hall–Kier alpha value is 0.620. The largest absolute Gasteiger partial charge is 0.390 e. The first kappa shape index (κ1) is 7.72. The summed E-state index contributed by atoms with van der Waals surface area (Å²) in [6.07, 6.45) is -0.414. The van der Waals surface area contributed by atoms with Crippen molar-refractivity contribution in [2.24, 2.45) is 5.92 Å². The lowest BCUT2D eigenvalue weighted by Gasteiger charge is -2.00. The van der Waals surface area contributed by atoms with Crippen molar-refractivity contribution < 1.29 is 9.50 Å². The van der Waals surface area contributed by atoms with Crippen molar-refractivity contribution in [1.29, 1.82) is 0 Å². The molecule has 54 valence electrons. The third-order valence-corrected chi connectivity index (χ3v) is 3.01. The maximum atomic E-state index is 12.5. The minimum atomic E-state index is -0.954. The van der Waals surface area contributed by atoms with Gasteiger partial charge in [0.1, 0.15) is 6.17 Å². The van der Waals surface area contributed by atoms with Crippen molar-refractivity contribution in [3.63, 3.8) is 0 Å². The van der Waals surface area contributed by atoms with Crippen LogP contribution in [0.1, 0.15) is 12.8 Å². The predicted molar refractivity (Wildman–Crippen MR) is 42.5 cm³/mol. The third kappa shape index (κ3) is 1.77. The highest BCUT2D eigenvalue weighted by Gasteiger charge is 2.31. The third-order valence-electron chi connectivity index (χ3n) is 1.77. The Kier molecular flexibility index (Phi) is 2.70. The van der Waals surface area contributed by atoms with Crippen LogP contribution in [0.4, 0.5) is 4.39 Å². The van der Waals surface area contributed by atoms with Crippen molar-refractivity contribution >= 4 is 22.6 Å². The summed E-state index contributed by atoms with van der Waals surface area (Å²) in [6.45, 7) is 0. The molecule has 1 saturated carbocycles. The van der Waals surface area contributed by atoms with Gasteiger partial charge in [0.05, 0.1) is 6.10 Å². The molecule has 0 radical (unpaired) electrons. The van der Waals surface area contributed by atoms with E-state index in [4.69, 9.17) is 5.11 Å². The van der Waals surface area contributed by atoms with Crippen molar-refractivity contribution in [2.45, 2.75) is 25.1 Å². The molecule has 1 aliphatic rings. The normalized spacial score (nSPS) is 43.7. The molecule has 0 aliphatic heterocycles. The second kappa shape index (κ2) is 3.14. The van der Waals surface area contributed by atoms with Gasteiger partial charge in [0.2, 0.25) is 0 Å². The molecule has 0 unspecified atom stereocenters. The molecule has 1 N–H and O–H groups in total. The minimum Gasteiger partial charge on any atom is -0.390 e. The lowest BCUT2D eigenvalue weighted by atomic mass is 10.1. The Balaban J connectivity index is 2.35. The number of aliphatic hydroxyl groups excluding tert-OH is 1. The van der Waals surface area contributed by atoms with Crippen LogP contribution in [0, 0.1) is 5.92 Å². The van der Waals surface area contributed by atoms with E-state index in [0.29, 0.717) is 18.8 Å². The van der Waals surface area contributed by atoms with Crippen molar-refractivity contribution in [3.8, 4) is 0 Å². The van der Waals surface area contributed by atoms with Crippen LogP contribution in [0.5, 0.6) is 0 Å². The van der Waals surface area contributed by atoms with Crippen LogP contribution in [0.3, 0.4) is 0 Å². The van der Waals surface area contributed by atoms with Gasteiger partial charge in [-0.1, -0.05) is 22.6 Å². The summed E-state index contributed by atoms with van der Waals surface area (Å²) in [5, 5.41) is 8.92. The van der Waals surface area contributed by atoms with Gasteiger partial charge in [0, 0.05) is 4.43 Å². The summed E-state index contributed by atoms with van der Waals surface area (Å²) in [7, 11) is 0. The summed E-state index contributed by atoms with van der Waals surface area (Å²) in [6, 6.07) is 0. The van der Waals surface area contributed by atoms with E-state index in [-0.39, 0.29) is 0 Å². The number of rotatable bonds is 1. The van der Waals surface area contributed by atoms with Crippen molar-refractivity contribution in [2.75, 3.05) is 4.43 Å². The smallest absolute Gasteiger partial charge is 0.126 e. The van der Waals surface area contributed by atoms with Gasteiger partial charge in [0.15, 0.2) is 0 Å². The predicted octanol–water partition coefficient (Wildman–Crippen LogP) is 1.53. The van der Waals surface area contributed by atoms with E-state index >= 15 is 0 Å². The maximum Gasteiger partial charge on any atom is 0.126 e. The fraction of sp³-hybridized carbons (Fsp3) is 1.00. The molecule has 0 amide bonds. The first-order valence-electron chi connectivity index (χ1n) is 3.12. The second-order valence-corrected chi connectivity index (χ2v) is 3.46. The van der Waals surface area contributed by atoms with Gasteiger partial charge >= 0.3 is 0 Å². The molecule has 0 bridgehead atoms. The van der Waals surface area contributed by atoms with E-state index in [1.165, 1.54) is 0 Å². The van der Waals surface area contributed by atoms with Crippen molar-refractivity contribution in [1.82, 2.24) is 0 Å². The average molecular weight is 244 g/mol. The zero-order valence-corrected chi connectivity index (χ0v) is 7.21. The van der Waals surface area contributed by atoms with Crippen LogP contribution in [-0.2, 0) is 0 Å². The Labute approximate surface area is 67.8 Å².